The molecule has 0 rings (SSSR count). The van der Waals surface area contributed by atoms with E-state index in [1.165, 1.54) is 0 Å². The van der Waals surface area contributed by atoms with Gasteiger partial charge in [0.05, 0.1) is 0 Å². The van der Waals surface area contributed by atoms with Crippen molar-refractivity contribution in [1.82, 2.24) is 12.3 Å². The summed E-state index contributed by atoms with van der Waals surface area (Å²) in [6.07, 6.45) is 0. The monoisotopic (exact) mass is 288 g/mol. The molecular formula is H10FeMoN2O6. The first kappa shape index (κ1) is 46.4. The Morgan fingerprint density at radius 2 is 0.900 bits per heavy atom. The Morgan fingerprint density at radius 3 is 0.900 bits per heavy atom. The van der Waals surface area contributed by atoms with Crippen LogP contribution in [0.25, 0.3) is 0 Å². The molecule has 10 heteroatoms. The normalized spacial score (nSPS) is 5.80. The van der Waals surface area contributed by atoms with Crippen LogP contribution in [0, 0.1) is 0 Å². The van der Waals surface area contributed by atoms with E-state index in [0.717, 1.165) is 0 Å². The molecule has 10 N–H and O–H groups in total. The van der Waals surface area contributed by atoms with Crippen molar-refractivity contribution in [2.24, 2.45) is 0 Å². The van der Waals surface area contributed by atoms with Crippen LogP contribution in [-0.2, 0) is 40.6 Å². The van der Waals surface area contributed by atoms with Crippen molar-refractivity contribution < 1.29 is 59.1 Å². The van der Waals surface area contributed by atoms with Gasteiger partial charge in [0.25, 0.3) is 0 Å². The van der Waals surface area contributed by atoms with E-state index in [9.17, 15) is 0 Å². The molecule has 0 spiro atoms. The second kappa shape index (κ2) is 16.3. The van der Waals surface area contributed by atoms with Crippen LogP contribution in [0.2, 0.25) is 0 Å². The Balaban J connectivity index is -0.00000000800. The Labute approximate surface area is 71.6 Å². The van der Waals surface area contributed by atoms with Crippen LogP contribution < -0.4 is 19.8 Å². The molecule has 0 aliphatic rings. The zero-order chi connectivity index (χ0) is 4.50. The number of hydrogen-bond donors (Lipinski definition) is 2. The first-order valence-electron chi connectivity index (χ1n) is 0.667. The fraction of sp³-hybridized carbons (Fsp3) is 0. The second-order valence-corrected chi connectivity index (χ2v) is 2.42. The number of quaternary nitrogens is 2. The topological polar surface area (TPSA) is 213 Å². The van der Waals surface area contributed by atoms with Crippen LogP contribution in [0.4, 0.5) is 0 Å². The predicted octanol–water partition coefficient (Wildman–Crippen LogP) is -2.22. The van der Waals surface area contributed by atoms with Gasteiger partial charge in [-0.05, 0) is 0 Å². The van der Waals surface area contributed by atoms with Crippen molar-refractivity contribution in [1.29, 1.82) is 0 Å². The second-order valence-electron chi connectivity index (χ2n) is 0.408. The Bertz CT molecular complexity index is 98.9. The molecule has 0 radical (unpaired) electrons. The Kier molecular flexibility index (Phi) is 75.5. The zero-order valence-electron chi connectivity index (χ0n) is 5.29. The summed E-state index contributed by atoms with van der Waals surface area (Å²) < 4.78 is 34.5. The molecule has 10 heavy (non-hydrogen) atoms. The quantitative estimate of drug-likeness (QED) is 0.469. The van der Waals surface area contributed by atoms with Crippen molar-refractivity contribution in [3.05, 3.63) is 0 Å². The minimum absolute atomic E-state index is 0. The number of rotatable bonds is 0. The van der Waals surface area contributed by atoms with E-state index < -0.39 is 16.7 Å². The molecule has 0 amide bonds. The van der Waals surface area contributed by atoms with Crippen molar-refractivity contribution >= 4 is 0 Å². The average Bonchev–Trinajstić information content (AvgIpc) is 0.722. The molecule has 0 aromatic carbocycles. The maximum atomic E-state index is 8.63. The SMILES string of the molecule is [Fe+2].[NH4+].[NH4+].[OH-].[OH-].[O]=[Mo](=[O])([O-])[O-]. The summed E-state index contributed by atoms with van der Waals surface area (Å²) in [7, 11) is 0. The molecule has 0 atom stereocenters. The molecule has 70 valence electrons. The van der Waals surface area contributed by atoms with E-state index in [-0.39, 0.29) is 40.3 Å². The van der Waals surface area contributed by atoms with Crippen molar-refractivity contribution in [3.63, 3.8) is 0 Å². The van der Waals surface area contributed by atoms with Crippen molar-refractivity contribution in [2.45, 2.75) is 0 Å². The third-order valence-corrected chi connectivity index (χ3v) is 0. The van der Waals surface area contributed by atoms with E-state index in [1.54, 1.807) is 0 Å². The van der Waals surface area contributed by atoms with Gasteiger partial charge in [-0.25, -0.2) is 0 Å². The summed E-state index contributed by atoms with van der Waals surface area (Å²) in [5.41, 5.74) is 0. The van der Waals surface area contributed by atoms with E-state index in [1.807, 2.05) is 0 Å². The molecule has 0 aliphatic carbocycles. The van der Waals surface area contributed by atoms with Gasteiger partial charge in [0, 0.05) is 0 Å². The summed E-state index contributed by atoms with van der Waals surface area (Å²) in [4.78, 5) is 0. The third kappa shape index (κ3) is 1520. The van der Waals surface area contributed by atoms with Gasteiger partial charge in [-0.2, -0.15) is 0 Å². The van der Waals surface area contributed by atoms with Gasteiger partial charge in [-0.3, -0.25) is 0 Å². The summed E-state index contributed by atoms with van der Waals surface area (Å²) in [6.45, 7) is 0. The summed E-state index contributed by atoms with van der Waals surface area (Å²) in [6, 6.07) is 0. The minimum atomic E-state index is -6.02. The Morgan fingerprint density at radius 1 is 0.900 bits per heavy atom. The fourth-order valence-electron chi connectivity index (χ4n) is 0. The molecular weight excluding hydrogens is 276 g/mol. The summed E-state index contributed by atoms with van der Waals surface area (Å²) in [5, 5.41) is 0. The van der Waals surface area contributed by atoms with Gasteiger partial charge in [-0.15, -0.1) is 0 Å². The fourth-order valence-corrected chi connectivity index (χ4v) is 0. The predicted molar refractivity (Wildman–Crippen MR) is 17.2 cm³/mol. The molecule has 0 unspecified atom stereocenters. The van der Waals surface area contributed by atoms with E-state index in [2.05, 4.69) is 0 Å². The molecule has 0 aromatic heterocycles. The zero-order valence-corrected chi connectivity index (χ0v) is 8.40. The van der Waals surface area contributed by atoms with Crippen molar-refractivity contribution in [3.8, 4) is 0 Å². The van der Waals surface area contributed by atoms with Gasteiger partial charge in [0.15, 0.2) is 0 Å². The maximum absolute atomic E-state index is 8.63. The first-order chi connectivity index (χ1) is 2.00. The van der Waals surface area contributed by atoms with Gasteiger partial charge in [-0.1, -0.05) is 0 Å². The van der Waals surface area contributed by atoms with Gasteiger partial charge >= 0.3 is 48.1 Å². The molecule has 0 bridgehead atoms. The first-order valence-corrected chi connectivity index (χ1v) is 3.94. The number of hydrogen-bond acceptors (Lipinski definition) is 6. The van der Waals surface area contributed by atoms with Gasteiger partial charge < -0.3 is 23.3 Å². The van der Waals surface area contributed by atoms with Crippen LogP contribution in [0.3, 0.4) is 0 Å². The van der Waals surface area contributed by atoms with Crippen LogP contribution in [0.5, 0.6) is 0 Å². The van der Waals surface area contributed by atoms with Crippen LogP contribution in [-0.4, -0.2) is 11.0 Å². The molecule has 8 nitrogen and oxygen atoms in total. The van der Waals surface area contributed by atoms with Crippen LogP contribution in [0.15, 0.2) is 0 Å². The molecule has 0 fully saturated rings. The van der Waals surface area contributed by atoms with E-state index in [0.29, 0.717) is 0 Å². The molecule has 0 aromatic rings. The van der Waals surface area contributed by atoms with Crippen molar-refractivity contribution in [2.75, 3.05) is 0 Å². The third-order valence-electron chi connectivity index (χ3n) is 0. The molecule has 0 saturated heterocycles. The standard InChI is InChI=1S/Fe.Mo.2H3N.2H2O.4O/h;;2*1H3;2*1H2;;;;/q+2;;;;;;;;2*-1. The summed E-state index contributed by atoms with van der Waals surface area (Å²) in [5.74, 6) is 0. The molecule has 0 heterocycles. The Hall–Kier alpha value is 0.568. The van der Waals surface area contributed by atoms with Gasteiger partial charge in [0.1, 0.15) is 0 Å². The summed E-state index contributed by atoms with van der Waals surface area (Å²) >= 11 is -6.02. The van der Waals surface area contributed by atoms with Crippen LogP contribution >= 0.6 is 0 Å². The van der Waals surface area contributed by atoms with E-state index in [4.69, 9.17) is 14.3 Å². The molecule has 0 saturated carbocycles. The average molecular weight is 286 g/mol. The molecule has 0 aliphatic heterocycles. The van der Waals surface area contributed by atoms with E-state index >= 15 is 0 Å². The van der Waals surface area contributed by atoms with Crippen LogP contribution in [0.1, 0.15) is 0 Å². The van der Waals surface area contributed by atoms with Gasteiger partial charge in [0.2, 0.25) is 0 Å².